The van der Waals surface area contributed by atoms with Gasteiger partial charge in [0.25, 0.3) is 11.3 Å². The van der Waals surface area contributed by atoms with Crippen molar-refractivity contribution in [1.82, 2.24) is 4.57 Å². The van der Waals surface area contributed by atoms with Crippen molar-refractivity contribution in [3.05, 3.63) is 45.8 Å². The Hall–Kier alpha value is -2.75. The molecule has 0 saturated carbocycles. The number of hydrogen-bond acceptors (Lipinski definition) is 6. The summed E-state index contributed by atoms with van der Waals surface area (Å²) in [4.78, 5) is 24.1. The maximum Gasteiger partial charge on any atom is 0.310 e. The lowest BCUT2D eigenvalue weighted by Gasteiger charge is -2.23. The molecule has 1 aromatic heterocycles. The highest BCUT2D eigenvalue weighted by molar-refractivity contribution is 5.73. The second-order valence-corrected chi connectivity index (χ2v) is 4.99. The molecule has 0 amide bonds. The highest BCUT2D eigenvalue weighted by atomic mass is 16.7. The van der Waals surface area contributed by atoms with E-state index in [9.17, 15) is 14.9 Å². The highest BCUT2D eigenvalue weighted by Crippen LogP contribution is 2.40. The van der Waals surface area contributed by atoms with Crippen molar-refractivity contribution in [3.63, 3.8) is 0 Å². The van der Waals surface area contributed by atoms with Crippen LogP contribution in [0.4, 0.5) is 0 Å². The minimum absolute atomic E-state index is 0.0418. The van der Waals surface area contributed by atoms with Crippen LogP contribution in [0.2, 0.25) is 0 Å². The molecule has 2 aliphatic rings. The molecule has 2 aliphatic heterocycles. The molecular formula is C15H14N2O5. The van der Waals surface area contributed by atoms with Gasteiger partial charge in [-0.3, -0.25) is 9.59 Å². The van der Waals surface area contributed by atoms with Crippen LogP contribution >= 0.6 is 0 Å². The number of nitriles is 1. The van der Waals surface area contributed by atoms with Gasteiger partial charge < -0.3 is 18.8 Å². The van der Waals surface area contributed by atoms with Gasteiger partial charge in [-0.2, -0.15) is 5.26 Å². The van der Waals surface area contributed by atoms with E-state index in [2.05, 4.69) is 0 Å². The van der Waals surface area contributed by atoms with Crippen LogP contribution in [0.25, 0.3) is 0 Å². The van der Waals surface area contributed by atoms with Crippen LogP contribution in [-0.2, 0) is 37.8 Å². The van der Waals surface area contributed by atoms with E-state index >= 15 is 0 Å². The number of rotatable bonds is 3. The molecule has 0 saturated heterocycles. The van der Waals surface area contributed by atoms with Crippen molar-refractivity contribution < 1.29 is 19.0 Å². The Balaban J connectivity index is 2.08. The number of fused-ring (bicyclic) bond motifs is 2. The van der Waals surface area contributed by atoms with E-state index < -0.39 is 17.3 Å². The quantitative estimate of drug-likeness (QED) is 0.770. The highest BCUT2D eigenvalue weighted by Gasteiger charge is 2.46. The van der Waals surface area contributed by atoms with Gasteiger partial charge in [0, 0.05) is 13.0 Å². The predicted molar refractivity (Wildman–Crippen MR) is 73.4 cm³/mol. The van der Waals surface area contributed by atoms with Crippen LogP contribution in [0.15, 0.2) is 23.4 Å². The molecule has 114 valence electrons. The van der Waals surface area contributed by atoms with Gasteiger partial charge in [0.2, 0.25) is 0 Å². The largest absolute Gasteiger partial charge is 0.466 e. The van der Waals surface area contributed by atoms with Gasteiger partial charge in [0.05, 0.1) is 13.0 Å². The minimum atomic E-state index is -1.03. The molecule has 0 bridgehead atoms. The van der Waals surface area contributed by atoms with Crippen LogP contribution in [0.5, 0.6) is 0 Å². The number of carbonyl (C=O) groups is 1. The van der Waals surface area contributed by atoms with Gasteiger partial charge in [0.15, 0.2) is 0 Å². The monoisotopic (exact) mass is 302 g/mol. The summed E-state index contributed by atoms with van der Waals surface area (Å²) in [5.41, 5.74) is 0.369. The zero-order chi connectivity index (χ0) is 15.7. The number of carbonyl (C=O) groups excluding carboxylic acids is 1. The first-order chi connectivity index (χ1) is 10.6. The first-order valence-corrected chi connectivity index (χ1v) is 6.95. The smallest absolute Gasteiger partial charge is 0.310 e. The minimum Gasteiger partial charge on any atom is -0.466 e. The SMILES string of the molecule is CCOC(=O)Cc1cc2n(c(=O)c1C#N)CCC21OC=CO1. The first kappa shape index (κ1) is 14.2. The van der Waals surface area contributed by atoms with Crippen LogP contribution in [0, 0.1) is 11.3 Å². The van der Waals surface area contributed by atoms with Gasteiger partial charge >= 0.3 is 5.97 Å². The number of esters is 1. The van der Waals surface area contributed by atoms with Crippen LogP contribution in [0.1, 0.15) is 30.2 Å². The Bertz CT molecular complexity index is 748. The molecule has 0 unspecified atom stereocenters. The zero-order valence-electron chi connectivity index (χ0n) is 12.0. The summed E-state index contributed by atoms with van der Waals surface area (Å²) in [6.45, 7) is 2.33. The zero-order valence-corrected chi connectivity index (χ0v) is 12.0. The van der Waals surface area contributed by atoms with E-state index in [1.54, 1.807) is 13.0 Å². The van der Waals surface area contributed by atoms with E-state index in [-0.39, 0.29) is 18.6 Å². The second kappa shape index (κ2) is 5.22. The Morgan fingerprint density at radius 3 is 2.86 bits per heavy atom. The van der Waals surface area contributed by atoms with E-state index in [1.807, 2.05) is 6.07 Å². The molecule has 0 fully saturated rings. The third kappa shape index (κ3) is 2.04. The third-order valence-electron chi connectivity index (χ3n) is 3.76. The van der Waals surface area contributed by atoms with E-state index in [1.165, 1.54) is 17.1 Å². The molecule has 0 atom stereocenters. The van der Waals surface area contributed by atoms with Gasteiger partial charge in [-0.25, -0.2) is 0 Å². The fourth-order valence-electron chi connectivity index (χ4n) is 2.79. The van der Waals surface area contributed by atoms with Crippen molar-refractivity contribution in [2.45, 2.75) is 32.1 Å². The van der Waals surface area contributed by atoms with Crippen molar-refractivity contribution in [3.8, 4) is 6.07 Å². The predicted octanol–water partition coefficient (Wildman–Crippen LogP) is 0.900. The maximum absolute atomic E-state index is 12.4. The normalized spacial score (nSPS) is 16.7. The summed E-state index contributed by atoms with van der Waals surface area (Å²) in [7, 11) is 0. The molecule has 0 N–H and O–H groups in total. The molecule has 3 rings (SSSR count). The van der Waals surface area contributed by atoms with Crippen LogP contribution in [-0.4, -0.2) is 17.1 Å². The summed E-state index contributed by atoms with van der Waals surface area (Å²) in [6.07, 6.45) is 3.17. The molecule has 0 radical (unpaired) electrons. The molecule has 22 heavy (non-hydrogen) atoms. The van der Waals surface area contributed by atoms with Crippen molar-refractivity contribution in [2.75, 3.05) is 6.61 Å². The molecule has 7 heteroatoms. The average molecular weight is 302 g/mol. The number of nitrogens with zero attached hydrogens (tertiary/aromatic N) is 2. The topological polar surface area (TPSA) is 90.6 Å². The van der Waals surface area contributed by atoms with Crippen molar-refractivity contribution in [1.29, 1.82) is 5.26 Å². The average Bonchev–Trinajstić information content (AvgIpc) is 3.09. The number of aromatic nitrogens is 1. The van der Waals surface area contributed by atoms with E-state index in [4.69, 9.17) is 14.2 Å². The summed E-state index contributed by atoms with van der Waals surface area (Å²) in [6, 6.07) is 3.50. The maximum atomic E-state index is 12.4. The van der Waals surface area contributed by atoms with Gasteiger partial charge in [-0.15, -0.1) is 0 Å². The van der Waals surface area contributed by atoms with Crippen molar-refractivity contribution in [2.24, 2.45) is 0 Å². The Morgan fingerprint density at radius 1 is 1.50 bits per heavy atom. The molecule has 1 spiro atoms. The molecule has 1 aromatic rings. The molecular weight excluding hydrogens is 288 g/mol. The molecule has 3 heterocycles. The Morgan fingerprint density at radius 2 is 2.23 bits per heavy atom. The number of pyridine rings is 1. The summed E-state index contributed by atoms with van der Waals surface area (Å²) in [5, 5.41) is 9.24. The third-order valence-corrected chi connectivity index (χ3v) is 3.76. The van der Waals surface area contributed by atoms with E-state index in [0.717, 1.165) is 0 Å². The Labute approximate surface area is 126 Å². The second-order valence-electron chi connectivity index (χ2n) is 4.99. The standard InChI is InChI=1S/C15H14N2O5/c1-2-20-13(18)8-10-7-12-15(21-5-6-22-15)3-4-17(12)14(19)11(10)9-16/h5-7H,2-4,8H2,1H3. The van der Waals surface area contributed by atoms with E-state index in [0.29, 0.717) is 24.2 Å². The summed E-state index contributed by atoms with van der Waals surface area (Å²) in [5.74, 6) is -1.52. The van der Waals surface area contributed by atoms with Gasteiger partial charge in [-0.05, 0) is 18.6 Å². The summed E-state index contributed by atoms with van der Waals surface area (Å²) >= 11 is 0. The van der Waals surface area contributed by atoms with Gasteiger partial charge in [-0.1, -0.05) is 0 Å². The van der Waals surface area contributed by atoms with Crippen LogP contribution < -0.4 is 5.56 Å². The molecule has 7 nitrogen and oxygen atoms in total. The van der Waals surface area contributed by atoms with Crippen LogP contribution in [0.3, 0.4) is 0 Å². The van der Waals surface area contributed by atoms with Crippen molar-refractivity contribution >= 4 is 5.97 Å². The number of ether oxygens (including phenoxy) is 3. The lowest BCUT2D eigenvalue weighted by Crippen LogP contribution is -2.30. The lowest BCUT2D eigenvalue weighted by molar-refractivity contribution is -0.147. The number of hydrogen-bond donors (Lipinski definition) is 0. The first-order valence-electron chi connectivity index (χ1n) is 6.95. The summed E-state index contributed by atoms with van der Waals surface area (Å²) < 4.78 is 17.4. The molecule has 0 aliphatic carbocycles. The fourth-order valence-corrected chi connectivity index (χ4v) is 2.79. The lowest BCUT2D eigenvalue weighted by atomic mass is 10.0. The fraction of sp³-hybridized carbons (Fsp3) is 0.400. The Kier molecular flexibility index (Phi) is 3.37. The van der Waals surface area contributed by atoms with Gasteiger partial charge in [0.1, 0.15) is 29.9 Å². The molecule has 0 aromatic carbocycles.